The van der Waals surface area contributed by atoms with Crippen LogP contribution in [-0.2, 0) is 28.5 Å². The van der Waals surface area contributed by atoms with Crippen molar-refractivity contribution in [2.45, 2.75) is 50.8 Å². The van der Waals surface area contributed by atoms with Gasteiger partial charge in [-0.15, -0.1) is 0 Å². The summed E-state index contributed by atoms with van der Waals surface area (Å²) < 4.78 is 21.8. The molecule has 0 amide bonds. The van der Waals surface area contributed by atoms with Gasteiger partial charge >= 0.3 is 11.9 Å². The fraction of sp³-hybridized carbons (Fsp3) is 0.750. The summed E-state index contributed by atoms with van der Waals surface area (Å²) in [6, 6.07) is 0. The second-order valence-corrected chi connectivity index (χ2v) is 6.06. The van der Waals surface area contributed by atoms with Crippen molar-refractivity contribution >= 4 is 11.9 Å². The van der Waals surface area contributed by atoms with Gasteiger partial charge in [0, 0.05) is 18.3 Å². The summed E-state index contributed by atoms with van der Waals surface area (Å²) in [5, 5.41) is 10.0. The van der Waals surface area contributed by atoms with E-state index in [4.69, 9.17) is 18.9 Å². The highest BCUT2D eigenvalue weighted by molar-refractivity contribution is 5.86. The highest BCUT2D eigenvalue weighted by Gasteiger charge is 2.61. The van der Waals surface area contributed by atoms with Gasteiger partial charge in [-0.1, -0.05) is 12.2 Å². The maximum absolute atomic E-state index is 12.2. The Morgan fingerprint density at radius 1 is 1.13 bits per heavy atom. The van der Waals surface area contributed by atoms with Gasteiger partial charge in [0.1, 0.15) is 0 Å². The quantitative estimate of drug-likeness (QED) is 0.596. The molecule has 1 aliphatic heterocycles. The van der Waals surface area contributed by atoms with Crippen molar-refractivity contribution in [1.29, 1.82) is 0 Å². The average Bonchev–Trinajstić information content (AvgIpc) is 2.89. The molecule has 2 fully saturated rings. The number of hydrogen-bond donors (Lipinski definition) is 1. The van der Waals surface area contributed by atoms with Crippen LogP contribution in [0.3, 0.4) is 0 Å². The normalized spacial score (nSPS) is 41.3. The topological polar surface area (TPSA) is 91.3 Å². The summed E-state index contributed by atoms with van der Waals surface area (Å²) in [5.74, 6) is -2.66. The minimum atomic E-state index is -1.14. The number of fused-ring (bicyclic) bond motifs is 1. The first-order valence-corrected chi connectivity index (χ1v) is 8.06. The van der Waals surface area contributed by atoms with E-state index in [1.807, 2.05) is 12.2 Å². The van der Waals surface area contributed by atoms with E-state index in [-0.39, 0.29) is 25.0 Å². The Morgan fingerprint density at radius 2 is 1.70 bits per heavy atom. The van der Waals surface area contributed by atoms with E-state index in [0.29, 0.717) is 12.8 Å². The molecule has 1 saturated heterocycles. The zero-order valence-electron chi connectivity index (χ0n) is 13.3. The molecule has 4 aliphatic rings. The number of carbonyl (C=O) groups is 2. The second-order valence-electron chi connectivity index (χ2n) is 6.06. The third-order valence-corrected chi connectivity index (χ3v) is 4.63. The van der Waals surface area contributed by atoms with Crippen molar-refractivity contribution in [3.05, 3.63) is 12.2 Å². The Hall–Kier alpha value is -1.44. The summed E-state index contributed by atoms with van der Waals surface area (Å²) in [6.45, 7) is 3.74. The number of hydrogen-bond acceptors (Lipinski definition) is 7. The molecular formula is C16H22O7. The van der Waals surface area contributed by atoms with Crippen LogP contribution in [0.15, 0.2) is 12.2 Å². The van der Waals surface area contributed by atoms with Gasteiger partial charge in [-0.2, -0.15) is 0 Å². The van der Waals surface area contributed by atoms with Gasteiger partial charge in [0.2, 0.25) is 0 Å². The van der Waals surface area contributed by atoms with Crippen LogP contribution in [0, 0.1) is 11.8 Å². The molecule has 0 radical (unpaired) electrons. The lowest BCUT2D eigenvalue weighted by atomic mass is 9.70. The van der Waals surface area contributed by atoms with E-state index in [9.17, 15) is 14.7 Å². The van der Waals surface area contributed by atoms with E-state index in [1.54, 1.807) is 13.8 Å². The minimum absolute atomic E-state index is 0.108. The molecule has 5 unspecified atom stereocenters. The lowest BCUT2D eigenvalue weighted by molar-refractivity contribution is -0.242. The van der Waals surface area contributed by atoms with Gasteiger partial charge in [0.25, 0.3) is 0 Å². The maximum Gasteiger partial charge on any atom is 0.338 e. The van der Waals surface area contributed by atoms with Gasteiger partial charge in [-0.3, -0.25) is 0 Å². The van der Waals surface area contributed by atoms with Gasteiger partial charge in [-0.25, -0.2) is 9.59 Å². The Morgan fingerprint density at radius 3 is 2.09 bits per heavy atom. The Kier molecular flexibility index (Phi) is 4.44. The molecule has 1 heterocycles. The van der Waals surface area contributed by atoms with Crippen molar-refractivity contribution < 1.29 is 33.6 Å². The third kappa shape index (κ3) is 2.77. The zero-order valence-corrected chi connectivity index (χ0v) is 13.3. The summed E-state index contributed by atoms with van der Waals surface area (Å²) in [4.78, 5) is 24.3. The van der Waals surface area contributed by atoms with Crippen LogP contribution >= 0.6 is 0 Å². The zero-order chi connectivity index (χ0) is 16.6. The maximum atomic E-state index is 12.2. The average molecular weight is 326 g/mol. The monoisotopic (exact) mass is 326 g/mol. The van der Waals surface area contributed by atoms with Gasteiger partial charge in [-0.05, 0) is 20.3 Å². The summed E-state index contributed by atoms with van der Waals surface area (Å²) in [6.07, 6.45) is 2.01. The van der Waals surface area contributed by atoms with Crippen LogP contribution in [0.1, 0.15) is 26.7 Å². The second kappa shape index (κ2) is 6.22. The van der Waals surface area contributed by atoms with E-state index in [1.165, 1.54) is 0 Å². The summed E-state index contributed by atoms with van der Waals surface area (Å²) in [5.41, 5.74) is 0. The molecule has 4 rings (SSSR count). The molecule has 1 N–H and O–H groups in total. The molecule has 7 nitrogen and oxygen atoms in total. The van der Waals surface area contributed by atoms with E-state index in [0.717, 1.165) is 0 Å². The smallest absolute Gasteiger partial charge is 0.338 e. The number of aliphatic hydroxyl groups excluding tert-OH is 1. The third-order valence-electron chi connectivity index (χ3n) is 4.63. The first-order chi connectivity index (χ1) is 11.0. The van der Waals surface area contributed by atoms with Gasteiger partial charge < -0.3 is 24.1 Å². The molecule has 0 aromatic heterocycles. The lowest BCUT2D eigenvalue weighted by Gasteiger charge is -2.46. The largest absolute Gasteiger partial charge is 0.464 e. The van der Waals surface area contributed by atoms with Gasteiger partial charge in [0.05, 0.1) is 19.3 Å². The lowest BCUT2D eigenvalue weighted by Crippen LogP contribution is -2.51. The predicted octanol–water partition coefficient (Wildman–Crippen LogP) is 0.550. The van der Waals surface area contributed by atoms with Crippen LogP contribution in [0.5, 0.6) is 0 Å². The molecule has 7 heteroatoms. The van der Waals surface area contributed by atoms with Crippen molar-refractivity contribution in [3.8, 4) is 0 Å². The Labute approximate surface area is 134 Å². The van der Waals surface area contributed by atoms with Crippen LogP contribution in [0.25, 0.3) is 0 Å². The molecule has 3 aliphatic carbocycles. The molecule has 128 valence electrons. The molecular weight excluding hydrogens is 304 g/mol. The predicted molar refractivity (Wildman–Crippen MR) is 77.1 cm³/mol. The van der Waals surface area contributed by atoms with E-state index < -0.39 is 36.0 Å². The van der Waals surface area contributed by atoms with Crippen molar-refractivity contribution in [2.24, 2.45) is 11.8 Å². The van der Waals surface area contributed by atoms with Crippen molar-refractivity contribution in [2.75, 3.05) is 13.2 Å². The van der Waals surface area contributed by atoms with Crippen LogP contribution in [-0.4, -0.2) is 54.4 Å². The summed E-state index contributed by atoms with van der Waals surface area (Å²) >= 11 is 0. The number of aliphatic hydroxyl groups is 1. The number of esters is 2. The highest BCUT2D eigenvalue weighted by Crippen LogP contribution is 2.50. The van der Waals surface area contributed by atoms with Gasteiger partial charge in [0.15, 0.2) is 18.0 Å². The molecule has 1 spiro atoms. The van der Waals surface area contributed by atoms with E-state index in [2.05, 4.69) is 0 Å². The molecule has 5 atom stereocenters. The first kappa shape index (κ1) is 16.4. The molecule has 0 aromatic rings. The Bertz CT molecular complexity index is 489. The van der Waals surface area contributed by atoms with E-state index >= 15 is 0 Å². The van der Waals surface area contributed by atoms with Crippen molar-refractivity contribution in [1.82, 2.24) is 0 Å². The van der Waals surface area contributed by atoms with Crippen LogP contribution in [0.4, 0.5) is 0 Å². The molecule has 2 bridgehead atoms. The number of carbonyl (C=O) groups excluding carboxylic acids is 2. The van der Waals surface area contributed by atoms with Crippen LogP contribution in [0.2, 0.25) is 0 Å². The first-order valence-electron chi connectivity index (χ1n) is 8.06. The molecule has 23 heavy (non-hydrogen) atoms. The Balaban J connectivity index is 1.84. The standard InChI is InChI=1S/C16H22O7/c1-3-20-14(18)12-13(15(19)21-4-2)23-16(22-12)8-9-5-6-10(16)7-11(9)17/h5-6,9-13,17H,3-4,7-8H2,1-2H3. The molecule has 1 saturated carbocycles. The minimum Gasteiger partial charge on any atom is -0.464 e. The fourth-order valence-electron chi connectivity index (χ4n) is 3.57. The summed E-state index contributed by atoms with van der Waals surface area (Å²) in [7, 11) is 0. The van der Waals surface area contributed by atoms with Crippen LogP contribution < -0.4 is 0 Å². The fourth-order valence-corrected chi connectivity index (χ4v) is 3.57. The highest BCUT2D eigenvalue weighted by atomic mass is 16.8. The SMILES string of the molecule is CCOC(=O)C1OC2(CC3C=CC2CC3O)OC1C(=O)OCC. The number of ether oxygens (including phenoxy) is 4. The number of rotatable bonds is 4. The molecule has 0 aromatic carbocycles. The van der Waals surface area contributed by atoms with Crippen molar-refractivity contribution in [3.63, 3.8) is 0 Å².